The van der Waals surface area contributed by atoms with Gasteiger partial charge in [-0.3, -0.25) is 9.59 Å². The number of amides is 2. The molecule has 0 bridgehead atoms. The summed E-state index contributed by atoms with van der Waals surface area (Å²) in [5, 5.41) is 5.28. The van der Waals surface area contributed by atoms with Gasteiger partial charge in [-0.15, -0.1) is 0 Å². The van der Waals surface area contributed by atoms with Crippen molar-refractivity contribution < 1.29 is 23.9 Å². The summed E-state index contributed by atoms with van der Waals surface area (Å²) in [6, 6.07) is 13.0. The van der Waals surface area contributed by atoms with Crippen LogP contribution < -0.4 is 15.4 Å². The Morgan fingerprint density at radius 2 is 1.70 bits per heavy atom. The number of hydrogen-bond donors (Lipinski definition) is 2. The van der Waals surface area contributed by atoms with E-state index in [2.05, 4.69) is 10.6 Å². The third-order valence-corrected chi connectivity index (χ3v) is 3.48. The van der Waals surface area contributed by atoms with Crippen LogP contribution in [-0.4, -0.2) is 37.5 Å². The minimum absolute atomic E-state index is 0.226. The lowest BCUT2D eigenvalue weighted by atomic mass is 10.2. The maximum Gasteiger partial charge on any atom is 0.338 e. The van der Waals surface area contributed by atoms with Gasteiger partial charge in [-0.2, -0.15) is 0 Å². The average Bonchev–Trinajstić information content (AvgIpc) is 2.67. The molecule has 0 fully saturated rings. The number of ether oxygens (including phenoxy) is 2. The van der Waals surface area contributed by atoms with Gasteiger partial charge in [0.25, 0.3) is 11.8 Å². The highest BCUT2D eigenvalue weighted by atomic mass is 16.5. The van der Waals surface area contributed by atoms with Gasteiger partial charge in [0, 0.05) is 17.8 Å². The quantitative estimate of drug-likeness (QED) is 0.697. The molecule has 0 heterocycles. The van der Waals surface area contributed by atoms with Gasteiger partial charge in [-0.1, -0.05) is 6.07 Å². The van der Waals surface area contributed by atoms with Crippen molar-refractivity contribution in [1.29, 1.82) is 0 Å². The molecular weight excluding hydrogens is 348 g/mol. The van der Waals surface area contributed by atoms with Crippen LogP contribution in [0.25, 0.3) is 0 Å². The Balaban J connectivity index is 1.87. The monoisotopic (exact) mass is 370 g/mol. The number of anilines is 1. The molecule has 0 atom stereocenters. The normalized spacial score (nSPS) is 10.0. The van der Waals surface area contributed by atoms with E-state index in [9.17, 15) is 14.4 Å². The zero-order chi connectivity index (χ0) is 19.6. The van der Waals surface area contributed by atoms with Crippen molar-refractivity contribution in [2.75, 3.05) is 25.1 Å². The predicted molar refractivity (Wildman–Crippen MR) is 101 cm³/mol. The molecule has 2 N–H and O–H groups in total. The molecule has 0 unspecified atom stereocenters. The molecule has 7 nitrogen and oxygen atoms in total. The fraction of sp³-hybridized carbons (Fsp3) is 0.250. The Bertz CT molecular complexity index is 802. The van der Waals surface area contributed by atoms with Gasteiger partial charge >= 0.3 is 5.97 Å². The molecule has 0 saturated heterocycles. The zero-order valence-electron chi connectivity index (χ0n) is 15.3. The Morgan fingerprint density at radius 3 is 2.37 bits per heavy atom. The second-order valence-electron chi connectivity index (χ2n) is 5.52. The van der Waals surface area contributed by atoms with Crippen LogP contribution in [0.2, 0.25) is 0 Å². The fourth-order valence-corrected chi connectivity index (χ4v) is 2.27. The summed E-state index contributed by atoms with van der Waals surface area (Å²) in [6.07, 6.45) is 0. The first-order chi connectivity index (χ1) is 13.0. The molecule has 0 aliphatic rings. The second-order valence-corrected chi connectivity index (χ2v) is 5.52. The van der Waals surface area contributed by atoms with E-state index in [0.717, 1.165) is 0 Å². The van der Waals surface area contributed by atoms with E-state index in [1.807, 2.05) is 13.8 Å². The molecule has 2 aromatic rings. The molecule has 2 aromatic carbocycles. The molecule has 7 heteroatoms. The van der Waals surface area contributed by atoms with Crippen molar-refractivity contribution in [2.45, 2.75) is 13.8 Å². The van der Waals surface area contributed by atoms with Crippen LogP contribution in [0.15, 0.2) is 48.5 Å². The number of esters is 1. The lowest BCUT2D eigenvalue weighted by Crippen LogP contribution is -2.23. The first kappa shape index (κ1) is 20.0. The second kappa shape index (κ2) is 9.96. The van der Waals surface area contributed by atoms with Crippen LogP contribution in [-0.2, 0) is 9.53 Å². The lowest BCUT2D eigenvalue weighted by molar-refractivity contribution is -0.119. The Morgan fingerprint density at radius 1 is 0.963 bits per heavy atom. The zero-order valence-corrected chi connectivity index (χ0v) is 15.3. The summed E-state index contributed by atoms with van der Waals surface area (Å²) >= 11 is 0. The van der Waals surface area contributed by atoms with E-state index >= 15 is 0 Å². The minimum atomic E-state index is -0.607. The third kappa shape index (κ3) is 6.14. The summed E-state index contributed by atoms with van der Waals surface area (Å²) in [5.74, 6) is -0.680. The van der Waals surface area contributed by atoms with Gasteiger partial charge in [0.1, 0.15) is 5.75 Å². The summed E-state index contributed by atoms with van der Waals surface area (Å²) < 4.78 is 10.3. The van der Waals surface area contributed by atoms with Gasteiger partial charge in [0.15, 0.2) is 6.61 Å². The van der Waals surface area contributed by atoms with Crippen molar-refractivity contribution in [3.63, 3.8) is 0 Å². The number of benzene rings is 2. The average molecular weight is 370 g/mol. The molecular formula is C20H22N2O5. The number of carbonyl (C=O) groups is 3. The Labute approximate surface area is 157 Å². The topological polar surface area (TPSA) is 93.7 Å². The third-order valence-electron chi connectivity index (χ3n) is 3.48. The number of nitrogens with one attached hydrogen (secondary N) is 2. The molecule has 0 radical (unpaired) electrons. The molecule has 0 spiro atoms. The largest absolute Gasteiger partial charge is 0.494 e. The van der Waals surface area contributed by atoms with Gasteiger partial charge in [0.05, 0.1) is 12.2 Å². The van der Waals surface area contributed by atoms with Crippen LogP contribution >= 0.6 is 0 Å². The fourth-order valence-electron chi connectivity index (χ4n) is 2.27. The smallest absolute Gasteiger partial charge is 0.338 e. The summed E-state index contributed by atoms with van der Waals surface area (Å²) in [6.45, 7) is 4.30. The van der Waals surface area contributed by atoms with Crippen LogP contribution in [0.5, 0.6) is 5.75 Å². The van der Waals surface area contributed by atoms with E-state index in [1.165, 1.54) is 0 Å². The Hall–Kier alpha value is -3.35. The molecule has 0 saturated carbocycles. The van der Waals surface area contributed by atoms with Crippen molar-refractivity contribution >= 4 is 23.5 Å². The molecule has 0 aliphatic heterocycles. The van der Waals surface area contributed by atoms with Crippen molar-refractivity contribution in [1.82, 2.24) is 5.32 Å². The van der Waals surface area contributed by atoms with E-state index in [-0.39, 0.29) is 5.91 Å². The van der Waals surface area contributed by atoms with Gasteiger partial charge in [-0.25, -0.2) is 4.79 Å². The first-order valence-electron chi connectivity index (χ1n) is 8.61. The van der Waals surface area contributed by atoms with Crippen molar-refractivity contribution in [2.24, 2.45) is 0 Å². The van der Waals surface area contributed by atoms with Gasteiger partial charge < -0.3 is 20.1 Å². The van der Waals surface area contributed by atoms with Crippen LogP contribution in [0.3, 0.4) is 0 Å². The van der Waals surface area contributed by atoms with Crippen LogP contribution in [0, 0.1) is 0 Å². The molecule has 0 aromatic heterocycles. The summed E-state index contributed by atoms with van der Waals surface area (Å²) in [4.78, 5) is 35.8. The number of hydrogen-bond acceptors (Lipinski definition) is 5. The highest BCUT2D eigenvalue weighted by molar-refractivity contribution is 5.98. The molecule has 0 aliphatic carbocycles. The highest BCUT2D eigenvalue weighted by Crippen LogP contribution is 2.13. The highest BCUT2D eigenvalue weighted by Gasteiger charge is 2.11. The SMILES string of the molecule is CCNC(=O)c1cccc(NC(=O)COC(=O)c2ccc(OCC)cc2)c1. The minimum Gasteiger partial charge on any atom is -0.494 e. The lowest BCUT2D eigenvalue weighted by Gasteiger charge is -2.09. The number of rotatable bonds is 8. The van der Waals surface area contributed by atoms with Crippen LogP contribution in [0.4, 0.5) is 5.69 Å². The standard InChI is InChI=1S/C20H22N2O5/c1-3-21-19(24)15-6-5-7-16(12-15)22-18(23)13-27-20(25)14-8-10-17(11-9-14)26-4-2/h5-12H,3-4,13H2,1-2H3,(H,21,24)(H,22,23). The van der Waals surface area contributed by atoms with Crippen molar-refractivity contribution in [3.8, 4) is 5.75 Å². The summed E-state index contributed by atoms with van der Waals surface area (Å²) in [5.41, 5.74) is 1.20. The number of carbonyl (C=O) groups excluding carboxylic acids is 3. The van der Waals surface area contributed by atoms with Gasteiger partial charge in [-0.05, 0) is 56.3 Å². The van der Waals surface area contributed by atoms with Gasteiger partial charge in [0.2, 0.25) is 0 Å². The van der Waals surface area contributed by atoms with Crippen molar-refractivity contribution in [3.05, 3.63) is 59.7 Å². The van der Waals surface area contributed by atoms with E-state index in [0.29, 0.717) is 35.7 Å². The first-order valence-corrected chi connectivity index (χ1v) is 8.61. The van der Waals surface area contributed by atoms with Crippen LogP contribution in [0.1, 0.15) is 34.6 Å². The van der Waals surface area contributed by atoms with E-state index in [4.69, 9.17) is 9.47 Å². The maximum absolute atomic E-state index is 12.0. The molecule has 2 amide bonds. The summed E-state index contributed by atoms with van der Waals surface area (Å²) in [7, 11) is 0. The van der Waals surface area contributed by atoms with E-state index < -0.39 is 18.5 Å². The molecule has 142 valence electrons. The molecule has 27 heavy (non-hydrogen) atoms. The Kier molecular flexibility index (Phi) is 7.37. The van der Waals surface area contributed by atoms with E-state index in [1.54, 1.807) is 48.5 Å². The predicted octanol–water partition coefficient (Wildman–Crippen LogP) is 2.63. The maximum atomic E-state index is 12.0. The molecule has 2 rings (SSSR count).